The molecule has 8 heteroatoms. The molecule has 4 rings (SSSR count). The summed E-state index contributed by atoms with van der Waals surface area (Å²) in [5.74, 6) is 0.558. The van der Waals surface area contributed by atoms with Crippen LogP contribution in [0.5, 0.6) is 0 Å². The molecule has 168 valence electrons. The summed E-state index contributed by atoms with van der Waals surface area (Å²) in [6.45, 7) is 10.6. The van der Waals surface area contributed by atoms with Gasteiger partial charge in [-0.05, 0) is 73.5 Å². The average molecular weight is 498 g/mol. The molecule has 0 bridgehead atoms. The molecule has 1 amide bonds. The summed E-state index contributed by atoms with van der Waals surface area (Å²) in [6, 6.07) is 12.2. The van der Waals surface area contributed by atoms with E-state index in [9.17, 15) is 4.79 Å². The second-order valence-corrected chi connectivity index (χ2v) is 9.81. The Morgan fingerprint density at radius 2 is 1.88 bits per heavy atom. The van der Waals surface area contributed by atoms with Crippen molar-refractivity contribution in [1.82, 2.24) is 14.9 Å². The molecule has 0 unspecified atom stereocenters. The maximum absolute atomic E-state index is 12.3. The van der Waals surface area contributed by atoms with Gasteiger partial charge >= 0.3 is 6.09 Å². The topological polar surface area (TPSA) is 70.6 Å². The van der Waals surface area contributed by atoms with E-state index >= 15 is 0 Å². The molecule has 3 aromatic rings. The monoisotopic (exact) mass is 497 g/mol. The van der Waals surface area contributed by atoms with Crippen molar-refractivity contribution in [3.63, 3.8) is 0 Å². The van der Waals surface area contributed by atoms with Gasteiger partial charge in [0.2, 0.25) is 5.95 Å². The highest BCUT2D eigenvalue weighted by Gasteiger charge is 2.26. The number of rotatable bonds is 3. The number of benzene rings is 2. The van der Waals surface area contributed by atoms with Crippen LogP contribution < -0.4 is 10.2 Å². The third kappa shape index (κ3) is 5.12. The van der Waals surface area contributed by atoms with Crippen LogP contribution in [0, 0.1) is 6.92 Å². The van der Waals surface area contributed by atoms with E-state index in [2.05, 4.69) is 55.2 Å². The van der Waals surface area contributed by atoms with Crippen molar-refractivity contribution in [3.05, 3.63) is 52.6 Å². The number of carbonyl (C=O) groups is 1. The third-order valence-corrected chi connectivity index (χ3v) is 5.93. The number of amides is 1. The molecule has 32 heavy (non-hydrogen) atoms. The Labute approximate surface area is 196 Å². The summed E-state index contributed by atoms with van der Waals surface area (Å²) >= 11 is 3.55. The van der Waals surface area contributed by atoms with Crippen LogP contribution in [0.3, 0.4) is 0 Å². The average Bonchev–Trinajstić information content (AvgIpc) is 2.73. The summed E-state index contributed by atoms with van der Waals surface area (Å²) in [4.78, 5) is 25.5. The van der Waals surface area contributed by atoms with Crippen molar-refractivity contribution < 1.29 is 9.53 Å². The molecule has 0 atom stereocenters. The minimum atomic E-state index is -0.474. The van der Waals surface area contributed by atoms with Gasteiger partial charge in [-0.15, -0.1) is 0 Å². The molecular formula is C24H28BrN5O2. The van der Waals surface area contributed by atoms with Gasteiger partial charge in [0.05, 0.1) is 5.52 Å². The molecule has 2 heterocycles. The van der Waals surface area contributed by atoms with E-state index in [0.29, 0.717) is 19.0 Å². The largest absolute Gasteiger partial charge is 0.444 e. The predicted octanol–water partition coefficient (Wildman–Crippen LogP) is 5.50. The number of fused-ring (bicyclic) bond motifs is 1. The third-order valence-electron chi connectivity index (χ3n) is 5.29. The number of nitrogens with one attached hydrogen (secondary N) is 1. The van der Waals surface area contributed by atoms with Gasteiger partial charge in [-0.3, -0.25) is 0 Å². The molecule has 0 spiro atoms. The Morgan fingerprint density at radius 1 is 1.12 bits per heavy atom. The van der Waals surface area contributed by atoms with E-state index in [1.165, 1.54) is 5.69 Å². The van der Waals surface area contributed by atoms with E-state index < -0.39 is 5.60 Å². The van der Waals surface area contributed by atoms with Crippen LogP contribution in [0.25, 0.3) is 10.9 Å². The van der Waals surface area contributed by atoms with Gasteiger partial charge in [0.25, 0.3) is 0 Å². The first-order chi connectivity index (χ1) is 15.2. The Morgan fingerprint density at radius 3 is 2.56 bits per heavy atom. The number of carbonyl (C=O) groups excluding carboxylic acids is 1. The molecule has 1 aromatic heterocycles. The summed E-state index contributed by atoms with van der Waals surface area (Å²) in [6.07, 6.45) is 1.58. The lowest BCUT2D eigenvalue weighted by atomic mass is 10.1. The minimum Gasteiger partial charge on any atom is -0.444 e. The van der Waals surface area contributed by atoms with Crippen molar-refractivity contribution in [3.8, 4) is 0 Å². The zero-order valence-electron chi connectivity index (χ0n) is 18.9. The molecular weight excluding hydrogens is 470 g/mol. The number of aryl methyl sites for hydroxylation is 1. The lowest BCUT2D eigenvalue weighted by molar-refractivity contribution is 0.0240. The van der Waals surface area contributed by atoms with Gasteiger partial charge in [-0.2, -0.15) is 0 Å². The molecule has 2 aromatic carbocycles. The zero-order valence-corrected chi connectivity index (χ0v) is 20.4. The fourth-order valence-electron chi connectivity index (χ4n) is 3.75. The molecule has 1 N–H and O–H groups in total. The number of halogens is 1. The second kappa shape index (κ2) is 8.94. The van der Waals surface area contributed by atoms with Gasteiger partial charge in [0, 0.05) is 53.6 Å². The van der Waals surface area contributed by atoms with Crippen LogP contribution in [-0.4, -0.2) is 52.7 Å². The Hall–Kier alpha value is -2.87. The molecule has 0 radical (unpaired) electrons. The Balaban J connectivity index is 1.42. The fourth-order valence-corrected chi connectivity index (χ4v) is 4.22. The number of anilines is 3. The second-order valence-electron chi connectivity index (χ2n) is 8.95. The van der Waals surface area contributed by atoms with Gasteiger partial charge in [0.15, 0.2) is 0 Å². The summed E-state index contributed by atoms with van der Waals surface area (Å²) in [5, 5.41) is 4.29. The van der Waals surface area contributed by atoms with E-state index in [0.717, 1.165) is 39.7 Å². The van der Waals surface area contributed by atoms with Crippen LogP contribution in [-0.2, 0) is 4.74 Å². The minimum absolute atomic E-state index is 0.240. The first-order valence-corrected chi connectivity index (χ1v) is 11.5. The summed E-state index contributed by atoms with van der Waals surface area (Å²) < 4.78 is 6.44. The number of nitrogens with zero attached hydrogens (tertiary/aromatic N) is 4. The van der Waals surface area contributed by atoms with Gasteiger partial charge < -0.3 is 19.9 Å². The number of ether oxygens (including phenoxy) is 1. The molecule has 0 saturated carbocycles. The first-order valence-electron chi connectivity index (χ1n) is 10.7. The van der Waals surface area contributed by atoms with E-state index in [1.54, 1.807) is 4.90 Å². The lowest BCUT2D eigenvalue weighted by Gasteiger charge is -2.37. The molecule has 1 saturated heterocycles. The molecule has 1 fully saturated rings. The van der Waals surface area contributed by atoms with Crippen molar-refractivity contribution in [2.75, 3.05) is 36.4 Å². The number of hydrogen-bond donors (Lipinski definition) is 1. The number of hydrogen-bond acceptors (Lipinski definition) is 6. The first kappa shape index (κ1) is 22.3. The normalized spacial score (nSPS) is 14.5. The van der Waals surface area contributed by atoms with Gasteiger partial charge in [0.1, 0.15) is 5.60 Å². The van der Waals surface area contributed by atoms with Crippen LogP contribution in [0.1, 0.15) is 26.3 Å². The quantitative estimate of drug-likeness (QED) is 0.514. The van der Waals surface area contributed by atoms with Crippen molar-refractivity contribution in [2.24, 2.45) is 0 Å². The number of piperazine rings is 1. The van der Waals surface area contributed by atoms with E-state index in [-0.39, 0.29) is 6.09 Å². The van der Waals surface area contributed by atoms with Crippen LogP contribution >= 0.6 is 15.9 Å². The summed E-state index contributed by atoms with van der Waals surface area (Å²) in [7, 11) is 0. The van der Waals surface area contributed by atoms with Crippen molar-refractivity contribution >= 4 is 50.2 Å². The van der Waals surface area contributed by atoms with E-state index in [1.807, 2.05) is 51.2 Å². The zero-order chi connectivity index (χ0) is 22.9. The maximum atomic E-state index is 12.3. The fraction of sp³-hybridized carbons (Fsp3) is 0.375. The molecule has 7 nitrogen and oxygen atoms in total. The number of para-hydroxylation sites is 1. The molecule has 1 aliphatic heterocycles. The maximum Gasteiger partial charge on any atom is 0.410 e. The highest BCUT2D eigenvalue weighted by molar-refractivity contribution is 9.10. The Kier molecular flexibility index (Phi) is 6.24. The molecule has 1 aliphatic rings. The SMILES string of the molecule is Cc1cc(Nc2ncc3cccc(Br)c3n2)ccc1N1CCN(C(=O)OC(C)(C)C)CC1. The van der Waals surface area contributed by atoms with Crippen molar-refractivity contribution in [2.45, 2.75) is 33.3 Å². The van der Waals surface area contributed by atoms with Crippen LogP contribution in [0.15, 0.2) is 47.1 Å². The van der Waals surface area contributed by atoms with Gasteiger partial charge in [-0.25, -0.2) is 14.8 Å². The van der Waals surface area contributed by atoms with E-state index in [4.69, 9.17) is 4.74 Å². The Bertz CT molecular complexity index is 1140. The summed E-state index contributed by atoms with van der Waals surface area (Å²) in [5.41, 5.74) is 3.66. The van der Waals surface area contributed by atoms with Crippen LogP contribution in [0.4, 0.5) is 22.1 Å². The number of aromatic nitrogens is 2. The lowest BCUT2D eigenvalue weighted by Crippen LogP contribution is -2.50. The van der Waals surface area contributed by atoms with Crippen molar-refractivity contribution in [1.29, 1.82) is 0 Å². The standard InChI is InChI=1S/C24H28BrN5O2/c1-16-14-18(27-22-26-15-17-6-5-7-19(25)21(17)28-22)8-9-20(16)29-10-12-30(13-11-29)23(31)32-24(2,3)4/h5-9,14-15H,10-13H2,1-4H3,(H,26,27,28). The highest BCUT2D eigenvalue weighted by atomic mass is 79.9. The predicted molar refractivity (Wildman–Crippen MR) is 132 cm³/mol. The molecule has 0 aliphatic carbocycles. The smallest absolute Gasteiger partial charge is 0.410 e. The van der Waals surface area contributed by atoms with Crippen LogP contribution in [0.2, 0.25) is 0 Å². The van der Waals surface area contributed by atoms with Gasteiger partial charge in [-0.1, -0.05) is 12.1 Å². The highest BCUT2D eigenvalue weighted by Crippen LogP contribution is 2.27.